The van der Waals surface area contributed by atoms with Gasteiger partial charge in [0.2, 0.25) is 5.91 Å². The Morgan fingerprint density at radius 2 is 1.79 bits per heavy atom. The number of methoxy groups -OCH3 is 1. The predicted molar refractivity (Wildman–Crippen MR) is 135 cm³/mol. The lowest BCUT2D eigenvalue weighted by molar-refractivity contribution is -0.119. The van der Waals surface area contributed by atoms with Crippen molar-refractivity contribution in [1.82, 2.24) is 5.32 Å². The Balaban J connectivity index is 1.71. The number of anilines is 1. The lowest BCUT2D eigenvalue weighted by Gasteiger charge is -2.25. The monoisotopic (exact) mass is 522 g/mol. The molecule has 0 bridgehead atoms. The van der Waals surface area contributed by atoms with E-state index < -0.39 is 22.5 Å². The molecule has 0 fully saturated rings. The van der Waals surface area contributed by atoms with Crippen LogP contribution in [0.1, 0.15) is 5.56 Å². The second-order valence-corrected chi connectivity index (χ2v) is 10.5. The molecule has 1 N–H and O–H groups in total. The van der Waals surface area contributed by atoms with Gasteiger partial charge in [0.25, 0.3) is 10.0 Å². The van der Waals surface area contributed by atoms with E-state index in [-0.39, 0.29) is 22.1 Å². The van der Waals surface area contributed by atoms with Gasteiger partial charge in [-0.15, -0.1) is 0 Å². The van der Waals surface area contributed by atoms with Gasteiger partial charge < -0.3 is 10.1 Å². The van der Waals surface area contributed by atoms with Crippen molar-refractivity contribution in [2.45, 2.75) is 10.6 Å². The molecule has 3 aromatic carbocycles. The van der Waals surface area contributed by atoms with Crippen LogP contribution in [0.3, 0.4) is 0 Å². The van der Waals surface area contributed by atoms with Crippen LogP contribution in [0.4, 0.5) is 10.1 Å². The van der Waals surface area contributed by atoms with E-state index in [1.165, 1.54) is 43.1 Å². The molecule has 1 amide bonds. The van der Waals surface area contributed by atoms with E-state index in [1.807, 2.05) is 0 Å². The maximum Gasteiger partial charge on any atom is 0.264 e. The number of benzene rings is 3. The molecule has 0 unspecified atom stereocenters. The molecule has 34 heavy (non-hydrogen) atoms. The Kier molecular flexibility index (Phi) is 9.20. The van der Waals surface area contributed by atoms with Crippen molar-refractivity contribution >= 4 is 45.0 Å². The molecule has 0 radical (unpaired) electrons. The zero-order valence-electron chi connectivity index (χ0n) is 18.4. The van der Waals surface area contributed by atoms with E-state index in [9.17, 15) is 17.6 Å². The first-order valence-electron chi connectivity index (χ1n) is 10.3. The molecule has 0 atom stereocenters. The number of thioether (sulfide) groups is 1. The number of amides is 1. The van der Waals surface area contributed by atoms with Crippen LogP contribution in [-0.2, 0) is 20.6 Å². The number of hydrogen-bond acceptors (Lipinski definition) is 5. The van der Waals surface area contributed by atoms with E-state index in [1.54, 1.807) is 48.5 Å². The summed E-state index contributed by atoms with van der Waals surface area (Å²) < 4.78 is 46.9. The number of nitrogens with zero attached hydrogens (tertiary/aromatic N) is 1. The normalized spacial score (nSPS) is 11.1. The summed E-state index contributed by atoms with van der Waals surface area (Å²) in [5.41, 5.74) is 0.745. The average Bonchev–Trinajstić information content (AvgIpc) is 2.84. The summed E-state index contributed by atoms with van der Waals surface area (Å²) in [7, 11) is -2.68. The number of halogens is 2. The van der Waals surface area contributed by atoms with Crippen LogP contribution in [0, 0.1) is 5.82 Å². The first-order valence-corrected chi connectivity index (χ1v) is 13.3. The topological polar surface area (TPSA) is 75.7 Å². The first kappa shape index (κ1) is 25.9. The number of rotatable bonds is 11. The summed E-state index contributed by atoms with van der Waals surface area (Å²) in [5.74, 6) is 0.504. The van der Waals surface area contributed by atoms with Gasteiger partial charge in [0, 0.05) is 23.1 Å². The van der Waals surface area contributed by atoms with Crippen LogP contribution < -0.4 is 14.4 Å². The summed E-state index contributed by atoms with van der Waals surface area (Å²) in [4.78, 5) is 12.7. The van der Waals surface area contributed by atoms with E-state index in [0.29, 0.717) is 28.6 Å². The fourth-order valence-corrected chi connectivity index (χ4v) is 5.58. The third-order valence-corrected chi connectivity index (χ3v) is 7.83. The van der Waals surface area contributed by atoms with Gasteiger partial charge in [-0.1, -0.05) is 48.0 Å². The smallest absolute Gasteiger partial charge is 0.264 e. The van der Waals surface area contributed by atoms with Crippen LogP contribution >= 0.6 is 23.4 Å². The Morgan fingerprint density at radius 3 is 2.50 bits per heavy atom. The minimum absolute atomic E-state index is 0.0327. The molecule has 180 valence electrons. The highest BCUT2D eigenvalue weighted by Gasteiger charge is 2.29. The second-order valence-electron chi connectivity index (χ2n) is 7.13. The minimum Gasteiger partial charge on any atom is -0.495 e. The number of nitrogens with one attached hydrogen (secondary N) is 1. The van der Waals surface area contributed by atoms with Gasteiger partial charge in [-0.3, -0.25) is 9.10 Å². The van der Waals surface area contributed by atoms with Crippen molar-refractivity contribution in [3.63, 3.8) is 0 Å². The molecule has 0 heterocycles. The van der Waals surface area contributed by atoms with Crippen molar-refractivity contribution in [2.24, 2.45) is 0 Å². The average molecular weight is 523 g/mol. The number of carbonyl (C=O) groups excluding carboxylic acids is 1. The third-order valence-electron chi connectivity index (χ3n) is 4.81. The largest absolute Gasteiger partial charge is 0.495 e. The van der Waals surface area contributed by atoms with Gasteiger partial charge in [0.05, 0.1) is 17.7 Å². The van der Waals surface area contributed by atoms with Crippen LogP contribution in [0.2, 0.25) is 5.02 Å². The number of sulfonamides is 1. The highest BCUT2D eigenvalue weighted by Crippen LogP contribution is 2.34. The van der Waals surface area contributed by atoms with Crippen LogP contribution in [0.15, 0.2) is 77.7 Å². The van der Waals surface area contributed by atoms with Crippen molar-refractivity contribution in [2.75, 3.05) is 30.3 Å². The van der Waals surface area contributed by atoms with Crippen molar-refractivity contribution < 1.29 is 22.3 Å². The zero-order chi connectivity index (χ0) is 24.6. The number of ether oxygens (including phenoxy) is 1. The SMILES string of the molecule is COc1ccc(Cl)cc1N(CC(=O)NCCSCc1ccccc1F)S(=O)(=O)c1ccccc1. The second kappa shape index (κ2) is 12.1. The Hall–Kier alpha value is -2.75. The highest BCUT2D eigenvalue weighted by molar-refractivity contribution is 7.98. The summed E-state index contributed by atoms with van der Waals surface area (Å²) in [5, 5.41) is 3.03. The van der Waals surface area contributed by atoms with E-state index in [0.717, 1.165) is 4.31 Å². The third kappa shape index (κ3) is 6.65. The number of carbonyl (C=O) groups is 1. The summed E-state index contributed by atoms with van der Waals surface area (Å²) in [6.45, 7) is -0.171. The summed E-state index contributed by atoms with van der Waals surface area (Å²) in [6, 6.07) is 18.9. The Labute approximate surface area is 208 Å². The standard InChI is InChI=1S/C24H24ClFN2O4S2/c1-32-23-12-11-19(25)15-22(23)28(34(30,31)20-8-3-2-4-9-20)16-24(29)27-13-14-33-17-18-7-5-6-10-21(18)26/h2-12,15H,13-14,16-17H2,1H3,(H,27,29). The molecule has 0 saturated carbocycles. The maximum atomic E-state index is 13.7. The molecule has 6 nitrogen and oxygen atoms in total. The van der Waals surface area contributed by atoms with Gasteiger partial charge in [-0.2, -0.15) is 11.8 Å². The van der Waals surface area contributed by atoms with Crippen LogP contribution in [0.5, 0.6) is 5.75 Å². The summed E-state index contributed by atoms with van der Waals surface area (Å²) >= 11 is 7.59. The molecular formula is C24H24ClFN2O4S2. The van der Waals surface area contributed by atoms with Gasteiger partial charge in [-0.25, -0.2) is 12.8 Å². The molecule has 0 aliphatic carbocycles. The molecule has 10 heteroatoms. The molecule has 0 saturated heterocycles. The zero-order valence-corrected chi connectivity index (χ0v) is 20.8. The fourth-order valence-electron chi connectivity index (χ4n) is 3.12. The van der Waals surface area contributed by atoms with Gasteiger partial charge >= 0.3 is 0 Å². The Bertz CT molecular complexity index is 1230. The Morgan fingerprint density at radius 1 is 1.09 bits per heavy atom. The van der Waals surface area contributed by atoms with Crippen LogP contribution in [0.25, 0.3) is 0 Å². The van der Waals surface area contributed by atoms with E-state index in [2.05, 4.69) is 5.32 Å². The molecule has 0 aliphatic heterocycles. The van der Waals surface area contributed by atoms with Gasteiger partial charge in [0.15, 0.2) is 0 Å². The molecule has 0 spiro atoms. The molecule has 0 aliphatic rings. The van der Waals surface area contributed by atoms with E-state index in [4.69, 9.17) is 16.3 Å². The van der Waals surface area contributed by atoms with E-state index >= 15 is 0 Å². The summed E-state index contributed by atoms with van der Waals surface area (Å²) in [6.07, 6.45) is 0. The predicted octanol–water partition coefficient (Wildman–Crippen LogP) is 4.73. The number of hydrogen-bond donors (Lipinski definition) is 1. The minimum atomic E-state index is -4.09. The van der Waals surface area contributed by atoms with Gasteiger partial charge in [0.1, 0.15) is 18.1 Å². The fraction of sp³-hybridized carbons (Fsp3) is 0.208. The van der Waals surface area contributed by atoms with Crippen LogP contribution in [-0.4, -0.2) is 40.3 Å². The first-order chi connectivity index (χ1) is 16.3. The lowest BCUT2D eigenvalue weighted by Crippen LogP contribution is -2.41. The molecule has 0 aromatic heterocycles. The molecule has 3 aromatic rings. The van der Waals surface area contributed by atoms with Crippen molar-refractivity contribution in [3.8, 4) is 5.75 Å². The molecule has 3 rings (SSSR count). The van der Waals surface area contributed by atoms with Crippen molar-refractivity contribution in [3.05, 3.63) is 89.2 Å². The van der Waals surface area contributed by atoms with Gasteiger partial charge in [-0.05, 0) is 42.0 Å². The quantitative estimate of drug-likeness (QED) is 0.368. The lowest BCUT2D eigenvalue weighted by atomic mass is 10.2. The highest BCUT2D eigenvalue weighted by atomic mass is 35.5. The van der Waals surface area contributed by atoms with Crippen molar-refractivity contribution in [1.29, 1.82) is 0 Å². The maximum absolute atomic E-state index is 13.7. The molecular weight excluding hydrogens is 499 g/mol.